The Hall–Kier alpha value is -1.56. The van der Waals surface area contributed by atoms with E-state index in [2.05, 4.69) is 21.1 Å². The molecule has 1 heterocycles. The molecule has 0 radical (unpaired) electrons. The smallest absolute Gasteiger partial charge is 0.222 e. The lowest BCUT2D eigenvalue weighted by Gasteiger charge is -2.07. The van der Waals surface area contributed by atoms with Crippen LogP contribution in [0.15, 0.2) is 27.2 Å². The number of nitrogens with two attached hydrogens (primary N) is 1. The van der Waals surface area contributed by atoms with E-state index in [1.165, 1.54) is 19.2 Å². The maximum absolute atomic E-state index is 13.6. The van der Waals surface area contributed by atoms with Gasteiger partial charge in [-0.15, -0.1) is 0 Å². The van der Waals surface area contributed by atoms with Crippen molar-refractivity contribution in [3.63, 3.8) is 0 Å². The highest BCUT2D eigenvalue weighted by Gasteiger charge is 2.15. The topological polar surface area (TPSA) is 61.3 Å². The van der Waals surface area contributed by atoms with Crippen LogP contribution in [0.4, 0.5) is 10.3 Å². The number of nitrogen functional groups attached to an aromatic ring is 1. The van der Waals surface area contributed by atoms with E-state index in [-0.39, 0.29) is 11.6 Å². The summed E-state index contributed by atoms with van der Waals surface area (Å²) in [6.45, 7) is 0. The van der Waals surface area contributed by atoms with Crippen LogP contribution in [0.1, 0.15) is 0 Å². The van der Waals surface area contributed by atoms with E-state index in [1.807, 2.05) is 0 Å². The lowest BCUT2D eigenvalue weighted by molar-refractivity contribution is 0.387. The Morgan fingerprint density at radius 3 is 2.75 bits per heavy atom. The molecule has 0 aliphatic heterocycles. The quantitative estimate of drug-likeness (QED) is 0.922. The molecule has 0 bridgehead atoms. The average Bonchev–Trinajstić information content (AvgIpc) is 2.63. The molecular formula is C10H8BrFN2O2. The van der Waals surface area contributed by atoms with E-state index < -0.39 is 5.82 Å². The molecule has 6 heteroatoms. The van der Waals surface area contributed by atoms with E-state index in [4.69, 9.17) is 15.0 Å². The first-order valence-electron chi connectivity index (χ1n) is 4.37. The second kappa shape index (κ2) is 4.13. The third-order valence-corrected chi connectivity index (χ3v) is 2.47. The summed E-state index contributed by atoms with van der Waals surface area (Å²) < 4.78 is 23.9. The summed E-state index contributed by atoms with van der Waals surface area (Å²) in [7, 11) is 1.39. The number of anilines is 1. The van der Waals surface area contributed by atoms with Crippen molar-refractivity contribution >= 4 is 21.8 Å². The summed E-state index contributed by atoms with van der Waals surface area (Å²) in [5.41, 5.74) is 6.31. The van der Waals surface area contributed by atoms with Gasteiger partial charge in [-0.05, 0) is 12.1 Å². The Labute approximate surface area is 99.3 Å². The largest absolute Gasteiger partial charge is 0.493 e. The van der Waals surface area contributed by atoms with E-state index in [9.17, 15) is 4.39 Å². The molecule has 1 aromatic carbocycles. The highest BCUT2D eigenvalue weighted by Crippen LogP contribution is 2.35. The number of ether oxygens (including phenoxy) is 1. The van der Waals surface area contributed by atoms with Crippen molar-refractivity contribution in [1.82, 2.24) is 5.16 Å². The predicted molar refractivity (Wildman–Crippen MR) is 60.6 cm³/mol. The zero-order valence-corrected chi connectivity index (χ0v) is 9.92. The van der Waals surface area contributed by atoms with Crippen LogP contribution in [-0.4, -0.2) is 12.3 Å². The summed E-state index contributed by atoms with van der Waals surface area (Å²) in [6.07, 6.45) is 0. The van der Waals surface area contributed by atoms with Gasteiger partial charge >= 0.3 is 0 Å². The number of hydrogen-bond acceptors (Lipinski definition) is 4. The van der Waals surface area contributed by atoms with Crippen LogP contribution in [0.25, 0.3) is 11.3 Å². The van der Waals surface area contributed by atoms with Crippen LogP contribution in [0.2, 0.25) is 0 Å². The second-order valence-electron chi connectivity index (χ2n) is 3.08. The van der Waals surface area contributed by atoms with Gasteiger partial charge in [-0.2, -0.15) is 0 Å². The molecule has 16 heavy (non-hydrogen) atoms. The molecule has 0 saturated heterocycles. The zero-order chi connectivity index (χ0) is 11.7. The molecule has 2 aromatic rings. The van der Waals surface area contributed by atoms with Gasteiger partial charge in [-0.25, -0.2) is 4.39 Å². The van der Waals surface area contributed by atoms with Crippen molar-refractivity contribution < 1.29 is 13.7 Å². The molecule has 0 saturated carbocycles. The molecule has 2 rings (SSSR count). The van der Waals surface area contributed by atoms with Crippen molar-refractivity contribution in [2.45, 2.75) is 0 Å². The second-order valence-corrected chi connectivity index (χ2v) is 4.00. The van der Waals surface area contributed by atoms with Gasteiger partial charge in [0, 0.05) is 10.5 Å². The van der Waals surface area contributed by atoms with Gasteiger partial charge in [0.15, 0.2) is 11.6 Å². The lowest BCUT2D eigenvalue weighted by Crippen LogP contribution is -1.92. The molecule has 0 aliphatic carbocycles. The van der Waals surface area contributed by atoms with Crippen LogP contribution in [0, 0.1) is 5.82 Å². The molecule has 0 amide bonds. The van der Waals surface area contributed by atoms with Crippen molar-refractivity contribution in [1.29, 1.82) is 0 Å². The third kappa shape index (κ3) is 1.88. The van der Waals surface area contributed by atoms with Crippen LogP contribution in [0.3, 0.4) is 0 Å². The molecule has 4 nitrogen and oxygen atoms in total. The Morgan fingerprint density at radius 2 is 2.19 bits per heavy atom. The first kappa shape index (κ1) is 10.9. The number of hydrogen-bond donors (Lipinski definition) is 1. The molecule has 2 N–H and O–H groups in total. The van der Waals surface area contributed by atoms with Gasteiger partial charge in [0.05, 0.1) is 12.7 Å². The summed E-state index contributed by atoms with van der Waals surface area (Å²) in [6, 6.07) is 4.49. The van der Waals surface area contributed by atoms with Crippen molar-refractivity contribution in [2.75, 3.05) is 12.8 Å². The van der Waals surface area contributed by atoms with Crippen LogP contribution in [0.5, 0.6) is 5.75 Å². The molecule has 84 valence electrons. The first-order valence-corrected chi connectivity index (χ1v) is 5.16. The van der Waals surface area contributed by atoms with Gasteiger partial charge in [0.2, 0.25) is 5.88 Å². The zero-order valence-electron chi connectivity index (χ0n) is 8.33. The van der Waals surface area contributed by atoms with Crippen molar-refractivity contribution in [2.24, 2.45) is 0 Å². The summed E-state index contributed by atoms with van der Waals surface area (Å²) in [5, 5.41) is 3.71. The number of nitrogens with zero attached hydrogens (tertiary/aromatic N) is 1. The standard InChI is InChI=1S/C10H8BrFN2O2/c1-15-10-6(2-5(11)3-7(10)12)8-4-9(13)16-14-8/h2-4H,13H2,1H3. The first-order chi connectivity index (χ1) is 7.61. The number of benzene rings is 1. The summed E-state index contributed by atoms with van der Waals surface area (Å²) >= 11 is 3.20. The van der Waals surface area contributed by atoms with Crippen molar-refractivity contribution in [3.8, 4) is 17.0 Å². The fourth-order valence-electron chi connectivity index (χ4n) is 1.37. The highest BCUT2D eigenvalue weighted by atomic mass is 79.9. The molecule has 0 spiro atoms. The molecule has 0 fully saturated rings. The molecule has 0 aliphatic rings. The van der Waals surface area contributed by atoms with E-state index in [0.717, 1.165) is 0 Å². The summed E-state index contributed by atoms with van der Waals surface area (Å²) in [5.74, 6) is -0.206. The number of methoxy groups -OCH3 is 1. The SMILES string of the molecule is COc1c(F)cc(Br)cc1-c1cc(N)on1. The van der Waals surface area contributed by atoms with Crippen LogP contribution >= 0.6 is 15.9 Å². The highest BCUT2D eigenvalue weighted by molar-refractivity contribution is 9.10. The molecule has 0 atom stereocenters. The van der Waals surface area contributed by atoms with E-state index >= 15 is 0 Å². The van der Waals surface area contributed by atoms with Gasteiger partial charge in [0.25, 0.3) is 0 Å². The predicted octanol–water partition coefficient (Wildman–Crippen LogP) is 2.83. The molecule has 1 aromatic heterocycles. The van der Waals surface area contributed by atoms with Gasteiger partial charge in [0.1, 0.15) is 5.69 Å². The normalized spacial score (nSPS) is 10.4. The van der Waals surface area contributed by atoms with Crippen LogP contribution in [-0.2, 0) is 0 Å². The van der Waals surface area contributed by atoms with Crippen molar-refractivity contribution in [3.05, 3.63) is 28.5 Å². The monoisotopic (exact) mass is 286 g/mol. The van der Waals surface area contributed by atoms with E-state index in [0.29, 0.717) is 15.7 Å². The Balaban J connectivity index is 2.63. The van der Waals surface area contributed by atoms with Crippen LogP contribution < -0.4 is 10.5 Å². The van der Waals surface area contributed by atoms with Gasteiger partial charge < -0.3 is 15.0 Å². The fraction of sp³-hybridized carbons (Fsp3) is 0.100. The lowest BCUT2D eigenvalue weighted by atomic mass is 10.1. The number of aromatic nitrogens is 1. The number of rotatable bonds is 2. The Morgan fingerprint density at radius 1 is 1.44 bits per heavy atom. The van der Waals surface area contributed by atoms with Gasteiger partial charge in [-0.3, -0.25) is 0 Å². The van der Waals surface area contributed by atoms with E-state index in [1.54, 1.807) is 6.07 Å². The minimum atomic E-state index is -0.478. The minimum Gasteiger partial charge on any atom is -0.493 e. The summed E-state index contributed by atoms with van der Waals surface area (Å²) in [4.78, 5) is 0. The Bertz CT molecular complexity index is 528. The average molecular weight is 287 g/mol. The molecular weight excluding hydrogens is 279 g/mol. The Kier molecular flexibility index (Phi) is 2.82. The maximum atomic E-state index is 13.6. The third-order valence-electron chi connectivity index (χ3n) is 2.02. The molecule has 0 unspecified atom stereocenters. The fourth-order valence-corrected chi connectivity index (χ4v) is 1.80. The van der Waals surface area contributed by atoms with Gasteiger partial charge in [-0.1, -0.05) is 21.1 Å². The minimum absolute atomic E-state index is 0.108. The maximum Gasteiger partial charge on any atom is 0.222 e. The number of halogens is 2.